The zero-order valence-corrected chi connectivity index (χ0v) is 24.9. The number of aryl methyl sites for hydroxylation is 1. The second-order valence-corrected chi connectivity index (χ2v) is 11.8. The Morgan fingerprint density at radius 2 is 1.64 bits per heavy atom. The summed E-state index contributed by atoms with van der Waals surface area (Å²) < 4.78 is 9.92. The molecule has 45 heavy (non-hydrogen) atoms. The van der Waals surface area contributed by atoms with Crippen LogP contribution in [0.5, 0.6) is 5.75 Å². The van der Waals surface area contributed by atoms with Crippen LogP contribution in [-0.2, 0) is 28.6 Å². The second kappa shape index (κ2) is 10.8. The number of hydrazine groups is 1. The van der Waals surface area contributed by atoms with Crippen molar-refractivity contribution in [2.75, 3.05) is 18.6 Å². The summed E-state index contributed by atoms with van der Waals surface area (Å²) in [7, 11) is 1.44. The highest BCUT2D eigenvalue weighted by atomic mass is 16.5. The minimum atomic E-state index is -1.42. The molecule has 2 amide bonds. The van der Waals surface area contributed by atoms with E-state index in [4.69, 9.17) is 4.74 Å². The molecule has 3 aliphatic rings. The van der Waals surface area contributed by atoms with Crippen LogP contribution in [0.25, 0.3) is 0 Å². The van der Waals surface area contributed by atoms with Gasteiger partial charge in [-0.25, -0.2) is 23.5 Å². The Morgan fingerprint density at radius 3 is 2.38 bits per heavy atom. The number of nitrogens with zero attached hydrogens (tertiary/aromatic N) is 4. The minimum Gasteiger partial charge on any atom is -0.491 e. The van der Waals surface area contributed by atoms with E-state index in [0.29, 0.717) is 22.6 Å². The first kappa shape index (κ1) is 28.6. The van der Waals surface area contributed by atoms with E-state index < -0.39 is 46.5 Å². The van der Waals surface area contributed by atoms with Gasteiger partial charge >= 0.3 is 11.4 Å². The van der Waals surface area contributed by atoms with Crippen molar-refractivity contribution in [3.8, 4) is 5.75 Å². The first-order chi connectivity index (χ1) is 21.8. The number of rotatable bonds is 7. The number of hydrogen-bond acceptors (Lipinski definition) is 7. The molecule has 11 nitrogen and oxygen atoms in total. The maximum atomic E-state index is 15.1. The number of imide groups is 1. The number of carbonyl (C=O) groups excluding carboxylic acids is 2. The van der Waals surface area contributed by atoms with Crippen molar-refractivity contribution in [3.05, 3.63) is 128 Å². The van der Waals surface area contributed by atoms with Gasteiger partial charge in [-0.2, -0.15) is 5.01 Å². The third-order valence-electron chi connectivity index (χ3n) is 9.43. The summed E-state index contributed by atoms with van der Waals surface area (Å²) in [5.41, 5.74) is 4.40. The Kier molecular flexibility index (Phi) is 6.85. The van der Waals surface area contributed by atoms with Crippen molar-refractivity contribution in [1.29, 1.82) is 0 Å². The van der Waals surface area contributed by atoms with Gasteiger partial charge in [0, 0.05) is 18.5 Å². The number of hydrogen-bond donors (Lipinski definition) is 2. The maximum Gasteiger partial charge on any atom is 0.347 e. The van der Waals surface area contributed by atoms with E-state index in [2.05, 4.69) is 5.43 Å². The van der Waals surface area contributed by atoms with E-state index >= 15 is 4.79 Å². The zero-order chi connectivity index (χ0) is 31.5. The molecule has 2 N–H and O–H groups in total. The van der Waals surface area contributed by atoms with Crippen LogP contribution in [0, 0.1) is 12.8 Å². The van der Waals surface area contributed by atoms with Crippen molar-refractivity contribution >= 4 is 17.5 Å². The molecule has 2 aliphatic heterocycles. The summed E-state index contributed by atoms with van der Waals surface area (Å²) in [6.45, 7) is 1.89. The quantitative estimate of drug-likeness (QED) is 0.244. The lowest BCUT2D eigenvalue weighted by atomic mass is 9.53. The Balaban J connectivity index is 1.50. The average Bonchev–Trinajstić information content (AvgIpc) is 3.42. The van der Waals surface area contributed by atoms with Crippen molar-refractivity contribution in [1.82, 2.24) is 18.9 Å². The molecule has 0 radical (unpaired) electrons. The van der Waals surface area contributed by atoms with Gasteiger partial charge in [0.15, 0.2) is 0 Å². The van der Waals surface area contributed by atoms with Gasteiger partial charge in [-0.1, -0.05) is 72.3 Å². The Bertz CT molecular complexity index is 1960. The molecule has 1 aliphatic carbocycles. The van der Waals surface area contributed by atoms with Crippen LogP contribution in [0.1, 0.15) is 35.1 Å². The fraction of sp³-hybridized carbons (Fsp3) is 0.294. The summed E-state index contributed by atoms with van der Waals surface area (Å²) in [4.78, 5) is 56.2. The summed E-state index contributed by atoms with van der Waals surface area (Å²) >= 11 is 0. The van der Waals surface area contributed by atoms with E-state index in [0.717, 1.165) is 20.7 Å². The molecule has 4 unspecified atom stereocenters. The molecule has 3 heterocycles. The largest absolute Gasteiger partial charge is 0.491 e. The predicted octanol–water partition coefficient (Wildman–Crippen LogP) is 2.65. The molecule has 0 spiro atoms. The molecule has 1 saturated heterocycles. The summed E-state index contributed by atoms with van der Waals surface area (Å²) in [5, 5.41) is 10.7. The number of aromatic nitrogens is 3. The van der Waals surface area contributed by atoms with Gasteiger partial charge in [-0.15, -0.1) is 0 Å². The summed E-state index contributed by atoms with van der Waals surface area (Å²) in [5.74, 6) is -2.05. The Labute approximate surface area is 258 Å². The molecule has 7 rings (SSSR count). The molecule has 4 aromatic rings. The normalized spacial score (nSPS) is 23.7. The fourth-order valence-corrected chi connectivity index (χ4v) is 7.47. The number of para-hydroxylation sites is 1. The highest BCUT2D eigenvalue weighted by Crippen LogP contribution is 2.62. The topological polar surface area (TPSA) is 128 Å². The number of anilines is 1. The van der Waals surface area contributed by atoms with Gasteiger partial charge < -0.3 is 9.84 Å². The standard InChI is InChI=1S/C34H33N5O6/c1-21-12-14-23(15-13-21)35-38-30(41)26-20-27-24(16-17-37-32(43)36(2)33(44)39(27)37)29(25-10-6-7-11-28(25)45-19-18-40)34(26,31(38)42)22-8-4-3-5-9-22/h3-16,26-27,29,35,40H,17-20H2,1-2H3. The molecule has 0 bridgehead atoms. The van der Waals surface area contributed by atoms with Crippen LogP contribution in [0.4, 0.5) is 5.69 Å². The first-order valence-electron chi connectivity index (χ1n) is 15.0. The van der Waals surface area contributed by atoms with Crippen LogP contribution < -0.4 is 21.5 Å². The molecule has 1 aromatic heterocycles. The first-order valence-corrected chi connectivity index (χ1v) is 15.0. The average molecular weight is 608 g/mol. The lowest BCUT2D eigenvalue weighted by Crippen LogP contribution is -2.53. The molecular weight excluding hydrogens is 574 g/mol. The summed E-state index contributed by atoms with van der Waals surface area (Å²) in [6.07, 6.45) is 2.03. The second-order valence-electron chi connectivity index (χ2n) is 11.8. The Hall–Kier alpha value is -5.16. The maximum absolute atomic E-state index is 15.1. The van der Waals surface area contributed by atoms with E-state index in [1.165, 1.54) is 16.4 Å². The van der Waals surface area contributed by atoms with E-state index in [1.54, 1.807) is 6.07 Å². The highest BCUT2D eigenvalue weighted by Gasteiger charge is 2.69. The van der Waals surface area contributed by atoms with Crippen LogP contribution in [0.15, 0.2) is 100 Å². The number of amides is 2. The van der Waals surface area contributed by atoms with E-state index in [-0.39, 0.29) is 26.2 Å². The van der Waals surface area contributed by atoms with Crippen LogP contribution in [-0.4, -0.2) is 49.1 Å². The minimum absolute atomic E-state index is 0.0274. The molecule has 2 fully saturated rings. The zero-order valence-electron chi connectivity index (χ0n) is 24.9. The number of aliphatic hydroxyl groups excluding tert-OH is 1. The fourth-order valence-electron chi connectivity index (χ4n) is 7.47. The number of allylic oxidation sites excluding steroid dienone is 2. The van der Waals surface area contributed by atoms with Crippen LogP contribution in [0.2, 0.25) is 0 Å². The number of aliphatic hydroxyl groups is 1. The number of fused-ring (bicyclic) bond motifs is 4. The van der Waals surface area contributed by atoms with Gasteiger partial charge in [-0.3, -0.25) is 15.0 Å². The number of carbonyl (C=O) groups is 2. The number of nitrogens with one attached hydrogen (secondary N) is 1. The lowest BCUT2D eigenvalue weighted by molar-refractivity contribution is -0.138. The third-order valence-corrected chi connectivity index (χ3v) is 9.43. The third kappa shape index (κ3) is 4.14. The van der Waals surface area contributed by atoms with Gasteiger partial charge in [0.2, 0.25) is 0 Å². The van der Waals surface area contributed by atoms with Gasteiger partial charge in [0.05, 0.1) is 36.2 Å². The highest BCUT2D eigenvalue weighted by molar-refractivity contribution is 6.12. The van der Waals surface area contributed by atoms with E-state index in [1.807, 2.05) is 85.8 Å². The molecule has 11 heteroatoms. The van der Waals surface area contributed by atoms with Gasteiger partial charge in [0.1, 0.15) is 12.4 Å². The monoisotopic (exact) mass is 607 g/mol. The number of ether oxygens (including phenoxy) is 1. The molecule has 4 atom stereocenters. The van der Waals surface area contributed by atoms with E-state index in [9.17, 15) is 19.5 Å². The van der Waals surface area contributed by atoms with Crippen molar-refractivity contribution < 1.29 is 19.4 Å². The Morgan fingerprint density at radius 1 is 0.933 bits per heavy atom. The number of benzene rings is 3. The molecular formula is C34H33N5O6. The lowest BCUT2D eigenvalue weighted by Gasteiger charge is -2.49. The van der Waals surface area contributed by atoms with Crippen molar-refractivity contribution in [2.24, 2.45) is 13.0 Å². The van der Waals surface area contributed by atoms with Crippen LogP contribution >= 0.6 is 0 Å². The summed E-state index contributed by atoms with van der Waals surface area (Å²) in [6, 6.07) is 23.3. The van der Waals surface area contributed by atoms with Crippen LogP contribution in [0.3, 0.4) is 0 Å². The van der Waals surface area contributed by atoms with Crippen molar-refractivity contribution in [2.45, 2.75) is 37.3 Å². The molecule has 230 valence electrons. The van der Waals surface area contributed by atoms with Gasteiger partial charge in [0.25, 0.3) is 11.8 Å². The molecule has 3 aromatic carbocycles. The SMILES string of the molecule is Cc1ccc(NN2C(=O)C3CC4C(=CCn5c(=O)n(C)c(=O)n54)C(c4ccccc4OCCO)C3(c3ccccc3)C2=O)cc1. The van der Waals surface area contributed by atoms with Gasteiger partial charge in [-0.05, 0) is 42.7 Å². The smallest absolute Gasteiger partial charge is 0.347 e. The predicted molar refractivity (Wildman–Crippen MR) is 166 cm³/mol. The molecule has 1 saturated carbocycles. The van der Waals surface area contributed by atoms with Crippen molar-refractivity contribution in [3.63, 3.8) is 0 Å².